The van der Waals surface area contributed by atoms with E-state index in [1.54, 1.807) is 0 Å². The molecule has 12 N–H and O–H groups in total. The fraction of sp³-hybridized carbons (Fsp3) is 0.880. The lowest BCUT2D eigenvalue weighted by molar-refractivity contribution is -0.356. The maximum absolute atomic E-state index is 12.4. The minimum Gasteiger partial charge on any atom is -0.477 e. The van der Waals surface area contributed by atoms with Crippen molar-refractivity contribution in [2.24, 2.45) is 0 Å². The van der Waals surface area contributed by atoms with Crippen molar-refractivity contribution in [3.63, 3.8) is 0 Å². The molecule has 0 aromatic rings. The molecule has 3 fully saturated rings. The number of aliphatic carboxylic acids is 1. The van der Waals surface area contributed by atoms with E-state index in [1.807, 2.05) is 0 Å². The molecule has 20 nitrogen and oxygen atoms in total. The van der Waals surface area contributed by atoms with Crippen LogP contribution >= 0.6 is 0 Å². The summed E-state index contributed by atoms with van der Waals surface area (Å²) in [6.07, 6.45) is -21.7. The molecule has 0 aromatic carbocycles. The molecule has 45 heavy (non-hydrogen) atoms. The molecule has 0 radical (unpaired) electrons. The normalized spacial score (nSPS) is 42.9. The molecule has 20 heteroatoms. The Morgan fingerprint density at radius 3 is 2.04 bits per heavy atom. The molecular weight excluding hydrogens is 616 g/mol. The van der Waals surface area contributed by atoms with Crippen molar-refractivity contribution in [1.82, 2.24) is 10.6 Å². The second kappa shape index (κ2) is 15.6. The summed E-state index contributed by atoms with van der Waals surface area (Å²) in [6, 6.07) is -2.66. The third-order valence-electron chi connectivity index (χ3n) is 7.73. The van der Waals surface area contributed by atoms with Crippen LogP contribution in [0.1, 0.15) is 26.7 Å². The van der Waals surface area contributed by atoms with Gasteiger partial charge in [-0.1, -0.05) is 0 Å². The van der Waals surface area contributed by atoms with E-state index < -0.39 is 142 Å². The minimum atomic E-state index is -2.66. The first-order valence-electron chi connectivity index (χ1n) is 14.1. The maximum atomic E-state index is 12.4. The van der Waals surface area contributed by atoms with Crippen LogP contribution in [0, 0.1) is 0 Å². The lowest BCUT2D eigenvalue weighted by Gasteiger charge is -2.47. The number of aliphatic hydroxyl groups is 9. The van der Waals surface area contributed by atoms with Crippen molar-refractivity contribution < 1.29 is 89.1 Å². The summed E-state index contributed by atoms with van der Waals surface area (Å²) >= 11 is 0. The first kappa shape index (κ1) is 37.3. The number of carboxylic acid groups (broad SMARTS) is 1. The maximum Gasteiger partial charge on any atom is 0.364 e. The molecule has 15 atom stereocenters. The van der Waals surface area contributed by atoms with Crippen molar-refractivity contribution in [1.29, 1.82) is 0 Å². The van der Waals surface area contributed by atoms with Gasteiger partial charge in [0, 0.05) is 26.7 Å². The molecule has 0 aliphatic carbocycles. The Hall–Kier alpha value is -2.15. The van der Waals surface area contributed by atoms with Crippen LogP contribution in [0.2, 0.25) is 0 Å². The lowest BCUT2D eigenvalue weighted by atomic mass is 9.90. The Morgan fingerprint density at radius 2 is 1.49 bits per heavy atom. The van der Waals surface area contributed by atoms with E-state index in [0.29, 0.717) is 0 Å². The highest BCUT2D eigenvalue weighted by molar-refractivity contribution is 5.76. The number of carboxylic acids is 1. The van der Waals surface area contributed by atoms with Crippen molar-refractivity contribution in [3.05, 3.63) is 0 Å². The molecule has 260 valence electrons. The van der Waals surface area contributed by atoms with E-state index in [-0.39, 0.29) is 0 Å². The predicted octanol–water partition coefficient (Wildman–Crippen LogP) is -7.05. The highest BCUT2D eigenvalue weighted by atomic mass is 16.8. The molecule has 2 amide bonds. The molecule has 0 aromatic heterocycles. The Morgan fingerprint density at radius 1 is 0.867 bits per heavy atom. The van der Waals surface area contributed by atoms with Crippen molar-refractivity contribution in [2.45, 2.75) is 118 Å². The van der Waals surface area contributed by atoms with Crippen LogP contribution in [0.3, 0.4) is 0 Å². The highest BCUT2D eigenvalue weighted by Crippen LogP contribution is 2.35. The Kier molecular flexibility index (Phi) is 13.0. The van der Waals surface area contributed by atoms with Gasteiger partial charge in [0.05, 0.1) is 44.2 Å². The zero-order chi connectivity index (χ0) is 33.8. The van der Waals surface area contributed by atoms with Crippen LogP contribution in [0.15, 0.2) is 0 Å². The average molecular weight is 659 g/mol. The van der Waals surface area contributed by atoms with Crippen LogP contribution in [0.4, 0.5) is 0 Å². The van der Waals surface area contributed by atoms with Gasteiger partial charge in [-0.2, -0.15) is 0 Å². The second-order valence-electron chi connectivity index (χ2n) is 11.2. The van der Waals surface area contributed by atoms with Crippen molar-refractivity contribution in [3.8, 4) is 0 Å². The van der Waals surface area contributed by atoms with E-state index in [0.717, 1.165) is 13.8 Å². The van der Waals surface area contributed by atoms with Gasteiger partial charge in [0.15, 0.2) is 12.6 Å². The smallest absolute Gasteiger partial charge is 0.364 e. The van der Waals surface area contributed by atoms with Crippen LogP contribution < -0.4 is 10.6 Å². The average Bonchev–Trinajstić information content (AvgIpc) is 2.97. The molecule has 0 unspecified atom stereocenters. The second-order valence-corrected chi connectivity index (χ2v) is 11.2. The number of aliphatic hydroxyl groups excluding tert-OH is 9. The van der Waals surface area contributed by atoms with E-state index in [9.17, 15) is 65.4 Å². The molecule has 0 bridgehead atoms. The van der Waals surface area contributed by atoms with Gasteiger partial charge in [0.25, 0.3) is 5.79 Å². The van der Waals surface area contributed by atoms with E-state index >= 15 is 0 Å². The van der Waals surface area contributed by atoms with Gasteiger partial charge >= 0.3 is 5.97 Å². The molecular formula is C25H42N2O18. The number of amides is 2. The van der Waals surface area contributed by atoms with Gasteiger partial charge in [0.2, 0.25) is 11.8 Å². The summed E-state index contributed by atoms with van der Waals surface area (Å²) in [7, 11) is 0. The number of hydrogen-bond donors (Lipinski definition) is 12. The first-order chi connectivity index (χ1) is 21.0. The largest absolute Gasteiger partial charge is 0.477 e. The van der Waals surface area contributed by atoms with Crippen LogP contribution in [-0.2, 0) is 38.1 Å². The first-order valence-corrected chi connectivity index (χ1v) is 14.1. The van der Waals surface area contributed by atoms with Crippen LogP contribution in [0.25, 0.3) is 0 Å². The van der Waals surface area contributed by atoms with Gasteiger partial charge in [-0.25, -0.2) is 4.79 Å². The number of nitrogens with one attached hydrogen (secondary N) is 2. The van der Waals surface area contributed by atoms with Crippen LogP contribution in [-0.4, -0.2) is 180 Å². The third-order valence-corrected chi connectivity index (χ3v) is 7.73. The van der Waals surface area contributed by atoms with Gasteiger partial charge in [0.1, 0.15) is 48.8 Å². The Labute approximate surface area is 256 Å². The fourth-order valence-corrected chi connectivity index (χ4v) is 5.45. The number of carbonyl (C=O) groups excluding carboxylic acids is 2. The number of hydrogen-bond acceptors (Lipinski definition) is 17. The molecule has 3 aliphatic rings. The highest BCUT2D eigenvalue weighted by Gasteiger charge is 2.55. The number of carbonyl (C=O) groups is 3. The van der Waals surface area contributed by atoms with Crippen molar-refractivity contribution >= 4 is 17.8 Å². The molecule has 0 saturated carbocycles. The SMILES string of the molecule is CC(=O)N[C@@H]1[C@@H](O)[C@H](O[C@@H]2O[C@H](CO[C@]3(C(=O)O)C[C@H](O)[C@@H](NC(C)=O)[C@H](C[C@H](O)CO)O3)[C@H](O)[C@H](O)[C@H]2O)[C@@H](CO)O[C@H]1O. The predicted molar refractivity (Wildman–Crippen MR) is 140 cm³/mol. The zero-order valence-corrected chi connectivity index (χ0v) is 24.4. The number of ether oxygens (including phenoxy) is 5. The topological polar surface area (TPSA) is 324 Å². The molecule has 0 spiro atoms. The lowest BCUT2D eigenvalue weighted by Crippen LogP contribution is -2.67. The van der Waals surface area contributed by atoms with Gasteiger partial charge in [-0.05, 0) is 0 Å². The van der Waals surface area contributed by atoms with E-state index in [1.165, 1.54) is 0 Å². The Bertz CT molecular complexity index is 1020. The van der Waals surface area contributed by atoms with Crippen molar-refractivity contribution in [2.75, 3.05) is 19.8 Å². The van der Waals surface area contributed by atoms with E-state index in [2.05, 4.69) is 10.6 Å². The summed E-state index contributed by atoms with van der Waals surface area (Å²) in [5.41, 5.74) is 0. The zero-order valence-electron chi connectivity index (χ0n) is 24.4. The minimum absolute atomic E-state index is 0.438. The number of rotatable bonds is 12. The van der Waals surface area contributed by atoms with E-state index in [4.69, 9.17) is 23.7 Å². The molecule has 3 saturated heterocycles. The monoisotopic (exact) mass is 658 g/mol. The molecule has 3 aliphatic heterocycles. The standard InChI is InChI=1S/C25H42N2O18/c1-8(30)26-15-11(33)4-25(24(39)40,45-12(15)3-10(32)5-28)41-7-14-17(34)19(36)20(37)23(43-14)44-21-13(6-29)42-22(38)16(18(21)35)27-9(2)31/h10-23,28-29,32-38H,3-7H2,1-2H3,(H,26,30)(H,27,31)(H,39,40)/t10-,11-,12-,13+,14+,15+,16+,17-,18+,19-,20+,21+,22+,23-,25+/m0/s1. The summed E-state index contributed by atoms with van der Waals surface area (Å²) in [4.78, 5) is 35.6. The van der Waals surface area contributed by atoms with Crippen LogP contribution in [0.5, 0.6) is 0 Å². The summed E-state index contributed by atoms with van der Waals surface area (Å²) in [5.74, 6) is -5.69. The summed E-state index contributed by atoms with van der Waals surface area (Å²) in [6.45, 7) is -0.233. The molecule has 3 rings (SSSR count). The fourth-order valence-electron chi connectivity index (χ4n) is 5.45. The summed E-state index contributed by atoms with van der Waals surface area (Å²) in [5, 5.41) is 107. The van der Waals surface area contributed by atoms with Gasteiger partial charge in [-0.15, -0.1) is 0 Å². The molecule has 3 heterocycles. The quantitative estimate of drug-likeness (QED) is 0.0926. The van der Waals surface area contributed by atoms with Gasteiger partial charge < -0.3 is 85.4 Å². The summed E-state index contributed by atoms with van der Waals surface area (Å²) < 4.78 is 27.5. The Balaban J connectivity index is 1.80. The van der Waals surface area contributed by atoms with Gasteiger partial charge in [-0.3, -0.25) is 9.59 Å². The third kappa shape index (κ3) is 8.61.